The molecular formula is C27H30N2O3. The topological polar surface area (TPSA) is 70.6 Å². The Bertz CT molecular complexity index is 1100. The highest BCUT2D eigenvalue weighted by Gasteiger charge is 2.30. The van der Waals surface area contributed by atoms with Gasteiger partial charge in [0.1, 0.15) is 12.4 Å². The maximum atomic E-state index is 11.0. The highest BCUT2D eigenvalue weighted by Crippen LogP contribution is 2.34. The van der Waals surface area contributed by atoms with Crippen LogP contribution in [0.2, 0.25) is 0 Å². The number of nitrogens with one attached hydrogen (secondary N) is 2. The molecule has 32 heavy (non-hydrogen) atoms. The van der Waals surface area contributed by atoms with E-state index in [-0.39, 0.29) is 11.9 Å². The molecule has 1 aliphatic rings. The first-order valence-electron chi connectivity index (χ1n) is 11.1. The number of fused-ring (bicyclic) bond motifs is 1. The van der Waals surface area contributed by atoms with Gasteiger partial charge in [0.25, 0.3) is 0 Å². The maximum Gasteiger partial charge on any atom is 0.216 e. The molecule has 2 atom stereocenters. The largest absolute Gasteiger partial charge is 0.489 e. The Labute approximate surface area is 189 Å². The van der Waals surface area contributed by atoms with Crippen LogP contribution >= 0.6 is 0 Å². The molecule has 0 unspecified atom stereocenters. The van der Waals surface area contributed by atoms with E-state index in [1.807, 2.05) is 18.2 Å². The zero-order valence-corrected chi connectivity index (χ0v) is 18.6. The van der Waals surface area contributed by atoms with E-state index in [0.717, 1.165) is 22.4 Å². The molecule has 5 nitrogen and oxygen atoms in total. The lowest BCUT2D eigenvalue weighted by Crippen LogP contribution is -2.35. The molecule has 0 aromatic heterocycles. The number of amides is 1. The molecule has 0 aliphatic heterocycles. The molecule has 0 saturated carbocycles. The predicted octanol–water partition coefficient (Wildman–Crippen LogP) is 3.92. The van der Waals surface area contributed by atoms with Gasteiger partial charge in [-0.1, -0.05) is 48.5 Å². The van der Waals surface area contributed by atoms with Gasteiger partial charge in [0.2, 0.25) is 5.91 Å². The van der Waals surface area contributed by atoms with Crippen LogP contribution < -0.4 is 15.4 Å². The van der Waals surface area contributed by atoms with Crippen LogP contribution in [0.15, 0.2) is 66.7 Å². The number of benzene rings is 3. The molecule has 3 aromatic carbocycles. The van der Waals surface area contributed by atoms with E-state index >= 15 is 0 Å². The standard InChI is InChI=1S/C27H30N2O3/c1-18-6-3-4-9-24(18)21-8-5-7-20(14-21)17-32-23-10-11-25-22(15-23)16-26(31)27(25)29-13-12-28-19(2)30/h3-11,14-15,26-27,29,31H,12-13,16-17H2,1-2H3,(H,28,30)/t26-,27-/m0/s1. The van der Waals surface area contributed by atoms with Crippen molar-refractivity contribution in [3.05, 3.63) is 89.0 Å². The smallest absolute Gasteiger partial charge is 0.216 e. The van der Waals surface area contributed by atoms with E-state index in [2.05, 4.69) is 66.1 Å². The van der Waals surface area contributed by atoms with Gasteiger partial charge in [-0.3, -0.25) is 4.79 Å². The molecule has 1 aliphatic carbocycles. The molecule has 3 aromatic rings. The average Bonchev–Trinajstić information content (AvgIpc) is 3.10. The summed E-state index contributed by atoms with van der Waals surface area (Å²) < 4.78 is 6.08. The van der Waals surface area contributed by atoms with Gasteiger partial charge in [-0.2, -0.15) is 0 Å². The summed E-state index contributed by atoms with van der Waals surface area (Å²) in [6, 6.07) is 22.7. The summed E-state index contributed by atoms with van der Waals surface area (Å²) in [7, 11) is 0. The summed E-state index contributed by atoms with van der Waals surface area (Å²) in [6.07, 6.45) is 0.107. The Hall–Kier alpha value is -3.15. The fourth-order valence-electron chi connectivity index (χ4n) is 4.31. The van der Waals surface area contributed by atoms with Gasteiger partial charge < -0.3 is 20.5 Å². The average molecular weight is 431 g/mol. The first kappa shape index (κ1) is 22.1. The van der Waals surface area contributed by atoms with Crippen LogP contribution in [0.5, 0.6) is 5.75 Å². The van der Waals surface area contributed by atoms with E-state index in [4.69, 9.17) is 4.74 Å². The van der Waals surface area contributed by atoms with Crippen molar-refractivity contribution in [1.29, 1.82) is 0 Å². The van der Waals surface area contributed by atoms with E-state index in [1.165, 1.54) is 23.6 Å². The quantitative estimate of drug-likeness (QED) is 0.474. The second kappa shape index (κ2) is 9.98. The van der Waals surface area contributed by atoms with Crippen LogP contribution in [0.25, 0.3) is 11.1 Å². The van der Waals surface area contributed by atoms with Crippen molar-refractivity contribution in [2.24, 2.45) is 0 Å². The molecule has 5 heteroatoms. The van der Waals surface area contributed by atoms with E-state index in [9.17, 15) is 9.90 Å². The predicted molar refractivity (Wildman–Crippen MR) is 127 cm³/mol. The summed E-state index contributed by atoms with van der Waals surface area (Å²) >= 11 is 0. The number of carbonyl (C=O) groups is 1. The molecule has 0 bridgehead atoms. The van der Waals surface area contributed by atoms with Gasteiger partial charge in [0, 0.05) is 26.4 Å². The number of ether oxygens (including phenoxy) is 1. The van der Waals surface area contributed by atoms with Crippen molar-refractivity contribution in [2.75, 3.05) is 13.1 Å². The number of aryl methyl sites for hydroxylation is 1. The fourth-order valence-corrected chi connectivity index (χ4v) is 4.31. The lowest BCUT2D eigenvalue weighted by Gasteiger charge is -2.18. The van der Waals surface area contributed by atoms with Gasteiger partial charge in [0.15, 0.2) is 0 Å². The lowest BCUT2D eigenvalue weighted by atomic mass is 9.99. The highest BCUT2D eigenvalue weighted by atomic mass is 16.5. The van der Waals surface area contributed by atoms with Crippen LogP contribution in [0.1, 0.15) is 35.2 Å². The number of rotatable bonds is 8. The molecule has 4 rings (SSSR count). The van der Waals surface area contributed by atoms with Crippen molar-refractivity contribution in [1.82, 2.24) is 10.6 Å². The normalized spacial score (nSPS) is 17.1. The first-order chi connectivity index (χ1) is 15.5. The molecule has 0 heterocycles. The zero-order chi connectivity index (χ0) is 22.5. The summed E-state index contributed by atoms with van der Waals surface area (Å²) in [4.78, 5) is 11.0. The highest BCUT2D eigenvalue weighted by molar-refractivity contribution is 5.72. The van der Waals surface area contributed by atoms with Crippen molar-refractivity contribution in [3.63, 3.8) is 0 Å². The minimum atomic E-state index is -0.483. The number of aliphatic hydroxyl groups excluding tert-OH is 1. The SMILES string of the molecule is CC(=O)NCCN[C@H]1c2ccc(OCc3cccc(-c4ccccc4C)c3)cc2C[C@@H]1O. The molecule has 1 amide bonds. The van der Waals surface area contributed by atoms with Crippen LogP contribution in [-0.4, -0.2) is 30.2 Å². The van der Waals surface area contributed by atoms with Crippen LogP contribution in [0.4, 0.5) is 0 Å². The van der Waals surface area contributed by atoms with Gasteiger partial charge in [-0.05, 0) is 58.5 Å². The lowest BCUT2D eigenvalue weighted by molar-refractivity contribution is -0.118. The summed E-state index contributed by atoms with van der Waals surface area (Å²) in [5.74, 6) is 0.751. The minimum absolute atomic E-state index is 0.0506. The number of carbonyl (C=O) groups excluding carboxylic acids is 1. The summed E-state index contributed by atoms with van der Waals surface area (Å²) in [5.41, 5.74) is 6.98. The van der Waals surface area contributed by atoms with Crippen molar-refractivity contribution in [3.8, 4) is 16.9 Å². The van der Waals surface area contributed by atoms with Gasteiger partial charge >= 0.3 is 0 Å². The van der Waals surface area contributed by atoms with E-state index in [0.29, 0.717) is 26.1 Å². The van der Waals surface area contributed by atoms with Gasteiger partial charge in [-0.15, -0.1) is 0 Å². The molecule has 0 saturated heterocycles. The molecule has 0 spiro atoms. The second-order valence-corrected chi connectivity index (χ2v) is 8.35. The summed E-state index contributed by atoms with van der Waals surface area (Å²) in [5, 5.41) is 16.6. The second-order valence-electron chi connectivity index (χ2n) is 8.35. The van der Waals surface area contributed by atoms with E-state index in [1.54, 1.807) is 0 Å². The Morgan fingerprint density at radius 2 is 1.91 bits per heavy atom. The van der Waals surface area contributed by atoms with Gasteiger partial charge in [-0.25, -0.2) is 0 Å². The third-order valence-corrected chi connectivity index (χ3v) is 5.92. The Kier molecular flexibility index (Phi) is 6.88. The Morgan fingerprint density at radius 3 is 2.72 bits per heavy atom. The third kappa shape index (κ3) is 5.18. The van der Waals surface area contributed by atoms with Crippen LogP contribution in [-0.2, 0) is 17.8 Å². The van der Waals surface area contributed by atoms with Crippen LogP contribution in [0, 0.1) is 6.92 Å². The first-order valence-corrected chi connectivity index (χ1v) is 11.1. The molecule has 166 valence electrons. The number of aliphatic hydroxyl groups is 1. The van der Waals surface area contributed by atoms with E-state index < -0.39 is 6.10 Å². The Balaban J connectivity index is 1.39. The molecular weight excluding hydrogens is 400 g/mol. The number of hydrogen-bond donors (Lipinski definition) is 3. The fraction of sp³-hybridized carbons (Fsp3) is 0.296. The maximum absolute atomic E-state index is 11.0. The summed E-state index contributed by atoms with van der Waals surface area (Å²) in [6.45, 7) is 5.26. The minimum Gasteiger partial charge on any atom is -0.489 e. The molecule has 0 fully saturated rings. The van der Waals surface area contributed by atoms with Crippen molar-refractivity contribution >= 4 is 5.91 Å². The van der Waals surface area contributed by atoms with Crippen molar-refractivity contribution < 1.29 is 14.6 Å². The van der Waals surface area contributed by atoms with Crippen LogP contribution in [0.3, 0.4) is 0 Å². The zero-order valence-electron chi connectivity index (χ0n) is 18.6. The molecule has 0 radical (unpaired) electrons. The number of hydrogen-bond acceptors (Lipinski definition) is 4. The molecule has 3 N–H and O–H groups in total. The van der Waals surface area contributed by atoms with Gasteiger partial charge in [0.05, 0.1) is 12.1 Å². The van der Waals surface area contributed by atoms with Crippen molar-refractivity contribution in [2.45, 2.75) is 39.0 Å². The monoisotopic (exact) mass is 430 g/mol. The Morgan fingerprint density at radius 1 is 1.06 bits per heavy atom. The third-order valence-electron chi connectivity index (χ3n) is 5.92.